The van der Waals surface area contributed by atoms with Crippen LogP contribution < -0.4 is 4.74 Å². The standard InChI is InChI=1S/C19H16N2OS/c1-12-3-5-13(6-4-12)11-20-19-21-18-16-8-7-15(22-2)9-14(16)10-17(18)23-19/h3-9,11H,10H2,1-2H3/b20-11+. The van der Waals surface area contributed by atoms with E-state index in [4.69, 9.17) is 9.72 Å². The first-order chi connectivity index (χ1) is 11.2. The van der Waals surface area contributed by atoms with Gasteiger partial charge in [-0.2, -0.15) is 0 Å². The first-order valence-corrected chi connectivity index (χ1v) is 8.32. The number of ether oxygens (including phenoxy) is 1. The van der Waals surface area contributed by atoms with Crippen molar-refractivity contribution < 1.29 is 4.74 Å². The fourth-order valence-corrected chi connectivity index (χ4v) is 3.70. The van der Waals surface area contributed by atoms with Crippen LogP contribution in [0.15, 0.2) is 47.5 Å². The Labute approximate surface area is 139 Å². The molecule has 1 aliphatic rings. The average molecular weight is 320 g/mol. The predicted molar refractivity (Wildman–Crippen MR) is 95.3 cm³/mol. The third kappa shape index (κ3) is 2.66. The number of aromatic nitrogens is 1. The van der Waals surface area contributed by atoms with Gasteiger partial charge in [-0.05, 0) is 36.2 Å². The van der Waals surface area contributed by atoms with Gasteiger partial charge in [-0.1, -0.05) is 41.2 Å². The predicted octanol–water partition coefficient (Wildman–Crippen LogP) is 4.78. The molecule has 4 heteroatoms. The second-order valence-corrected chi connectivity index (χ2v) is 6.70. The van der Waals surface area contributed by atoms with Gasteiger partial charge < -0.3 is 4.74 Å². The summed E-state index contributed by atoms with van der Waals surface area (Å²) < 4.78 is 5.29. The zero-order chi connectivity index (χ0) is 15.8. The molecular formula is C19H16N2OS. The van der Waals surface area contributed by atoms with E-state index in [9.17, 15) is 0 Å². The maximum absolute atomic E-state index is 5.29. The maximum Gasteiger partial charge on any atom is 0.209 e. The minimum atomic E-state index is 0.817. The van der Waals surface area contributed by atoms with Gasteiger partial charge >= 0.3 is 0 Å². The SMILES string of the molecule is COc1ccc2c(c1)Cc1sc(/N=C/c3ccc(C)cc3)nc1-2. The van der Waals surface area contributed by atoms with E-state index in [2.05, 4.69) is 48.3 Å². The van der Waals surface area contributed by atoms with Crippen molar-refractivity contribution in [2.24, 2.45) is 4.99 Å². The third-order valence-electron chi connectivity index (χ3n) is 4.01. The lowest BCUT2D eigenvalue weighted by Gasteiger charge is -2.03. The van der Waals surface area contributed by atoms with Gasteiger partial charge in [-0.15, -0.1) is 0 Å². The Hall–Kier alpha value is -2.46. The second kappa shape index (κ2) is 5.63. The minimum absolute atomic E-state index is 0.817. The summed E-state index contributed by atoms with van der Waals surface area (Å²) in [6.45, 7) is 2.08. The first kappa shape index (κ1) is 14.2. The molecule has 23 heavy (non-hydrogen) atoms. The van der Waals surface area contributed by atoms with Gasteiger partial charge in [0.05, 0.1) is 12.8 Å². The summed E-state index contributed by atoms with van der Waals surface area (Å²) in [5, 5.41) is 0.817. The number of methoxy groups -OCH3 is 1. The number of thiazole rings is 1. The van der Waals surface area contributed by atoms with Crippen LogP contribution in [0.25, 0.3) is 11.3 Å². The van der Waals surface area contributed by atoms with E-state index >= 15 is 0 Å². The molecular weight excluding hydrogens is 304 g/mol. The van der Waals surface area contributed by atoms with E-state index in [1.54, 1.807) is 18.4 Å². The van der Waals surface area contributed by atoms with Crippen molar-refractivity contribution in [2.45, 2.75) is 13.3 Å². The van der Waals surface area contributed by atoms with Crippen LogP contribution in [0, 0.1) is 6.92 Å². The summed E-state index contributed by atoms with van der Waals surface area (Å²) in [6, 6.07) is 14.5. The molecule has 0 unspecified atom stereocenters. The molecule has 4 rings (SSSR count). The highest BCUT2D eigenvalue weighted by atomic mass is 32.1. The quantitative estimate of drug-likeness (QED) is 0.509. The van der Waals surface area contributed by atoms with Gasteiger partial charge in [0.1, 0.15) is 5.75 Å². The number of fused-ring (bicyclic) bond motifs is 3. The number of rotatable bonds is 3. The molecule has 1 aromatic heterocycles. The van der Waals surface area contributed by atoms with Gasteiger partial charge in [0.2, 0.25) is 5.13 Å². The summed E-state index contributed by atoms with van der Waals surface area (Å²) in [5.41, 5.74) is 5.91. The van der Waals surface area contributed by atoms with Crippen LogP contribution in [0.3, 0.4) is 0 Å². The lowest BCUT2D eigenvalue weighted by Crippen LogP contribution is -1.86. The van der Waals surface area contributed by atoms with Crippen molar-refractivity contribution in [3.05, 3.63) is 64.0 Å². The Balaban J connectivity index is 1.61. The van der Waals surface area contributed by atoms with Crippen molar-refractivity contribution in [3.8, 4) is 17.0 Å². The van der Waals surface area contributed by atoms with Gasteiger partial charge in [0, 0.05) is 23.1 Å². The van der Waals surface area contributed by atoms with Gasteiger partial charge in [0.15, 0.2) is 0 Å². The fourth-order valence-electron chi connectivity index (χ4n) is 2.75. The molecule has 2 aromatic carbocycles. The van der Waals surface area contributed by atoms with Crippen LogP contribution >= 0.6 is 11.3 Å². The van der Waals surface area contributed by atoms with Gasteiger partial charge in [-0.3, -0.25) is 0 Å². The smallest absolute Gasteiger partial charge is 0.209 e. The van der Waals surface area contributed by atoms with Crippen molar-refractivity contribution in [1.29, 1.82) is 0 Å². The number of aryl methyl sites for hydroxylation is 1. The van der Waals surface area contributed by atoms with E-state index in [0.29, 0.717) is 0 Å². The molecule has 3 nitrogen and oxygen atoms in total. The number of aliphatic imine (C=N–C) groups is 1. The molecule has 0 saturated heterocycles. The maximum atomic E-state index is 5.29. The van der Waals surface area contributed by atoms with Gasteiger partial charge in [-0.25, -0.2) is 9.98 Å². The highest BCUT2D eigenvalue weighted by Gasteiger charge is 2.23. The molecule has 1 heterocycles. The summed E-state index contributed by atoms with van der Waals surface area (Å²) in [7, 11) is 1.70. The Morgan fingerprint density at radius 2 is 2.00 bits per heavy atom. The lowest BCUT2D eigenvalue weighted by molar-refractivity contribution is 0.414. The molecule has 0 radical (unpaired) electrons. The molecule has 0 atom stereocenters. The average Bonchev–Trinajstić information content (AvgIpc) is 3.10. The number of nitrogens with zero attached hydrogens (tertiary/aromatic N) is 2. The normalized spacial score (nSPS) is 12.4. The van der Waals surface area contributed by atoms with E-state index < -0.39 is 0 Å². The molecule has 0 bridgehead atoms. The first-order valence-electron chi connectivity index (χ1n) is 7.50. The van der Waals surface area contributed by atoms with Crippen LogP contribution in [0.2, 0.25) is 0 Å². The van der Waals surface area contributed by atoms with Crippen molar-refractivity contribution >= 4 is 22.7 Å². The Bertz CT molecular complexity index is 894. The Kier molecular flexibility index (Phi) is 3.46. The Morgan fingerprint density at radius 1 is 1.17 bits per heavy atom. The number of hydrogen-bond acceptors (Lipinski definition) is 4. The van der Waals surface area contributed by atoms with E-state index in [0.717, 1.165) is 28.6 Å². The van der Waals surface area contributed by atoms with Crippen LogP contribution in [0.5, 0.6) is 5.75 Å². The molecule has 0 aliphatic heterocycles. The molecule has 0 amide bonds. The molecule has 0 spiro atoms. The van der Waals surface area contributed by atoms with Crippen LogP contribution in [0.1, 0.15) is 21.6 Å². The third-order valence-corrected chi connectivity index (χ3v) is 4.97. The second-order valence-electron chi connectivity index (χ2n) is 5.64. The highest BCUT2D eigenvalue weighted by Crippen LogP contribution is 2.42. The van der Waals surface area contributed by atoms with E-state index in [1.165, 1.54) is 21.6 Å². The minimum Gasteiger partial charge on any atom is -0.497 e. The molecule has 3 aromatic rings. The van der Waals surface area contributed by atoms with Gasteiger partial charge in [0.25, 0.3) is 0 Å². The van der Waals surface area contributed by atoms with Crippen molar-refractivity contribution in [2.75, 3.05) is 7.11 Å². The van der Waals surface area contributed by atoms with Crippen LogP contribution in [-0.4, -0.2) is 18.3 Å². The monoisotopic (exact) mass is 320 g/mol. The molecule has 0 saturated carbocycles. The van der Waals surface area contributed by atoms with Crippen molar-refractivity contribution in [3.63, 3.8) is 0 Å². The Morgan fingerprint density at radius 3 is 2.78 bits per heavy atom. The van der Waals surface area contributed by atoms with Crippen LogP contribution in [-0.2, 0) is 6.42 Å². The molecule has 114 valence electrons. The zero-order valence-electron chi connectivity index (χ0n) is 13.0. The summed E-state index contributed by atoms with van der Waals surface area (Å²) in [6.07, 6.45) is 2.79. The summed E-state index contributed by atoms with van der Waals surface area (Å²) >= 11 is 1.66. The molecule has 1 aliphatic carbocycles. The van der Waals surface area contributed by atoms with E-state index in [1.807, 2.05) is 12.3 Å². The lowest BCUT2D eigenvalue weighted by atomic mass is 10.1. The molecule has 0 N–H and O–H groups in total. The summed E-state index contributed by atoms with van der Waals surface area (Å²) in [4.78, 5) is 10.5. The zero-order valence-corrected chi connectivity index (χ0v) is 13.9. The highest BCUT2D eigenvalue weighted by molar-refractivity contribution is 7.15. The van der Waals surface area contributed by atoms with E-state index in [-0.39, 0.29) is 0 Å². The molecule has 0 fully saturated rings. The largest absolute Gasteiger partial charge is 0.497 e. The fraction of sp³-hybridized carbons (Fsp3) is 0.158. The topological polar surface area (TPSA) is 34.5 Å². The van der Waals surface area contributed by atoms with Crippen LogP contribution in [0.4, 0.5) is 5.13 Å². The van der Waals surface area contributed by atoms with Crippen molar-refractivity contribution in [1.82, 2.24) is 4.98 Å². The number of benzene rings is 2. The summed E-state index contributed by atoms with van der Waals surface area (Å²) in [5.74, 6) is 0.900. The number of hydrogen-bond donors (Lipinski definition) is 0.